The van der Waals surface area contributed by atoms with Crippen LogP contribution < -0.4 is 20.1 Å². The Bertz CT molecular complexity index is 1130. The molecule has 0 aliphatic carbocycles. The summed E-state index contributed by atoms with van der Waals surface area (Å²) in [5.74, 6) is 0.190. The predicted octanol–water partition coefficient (Wildman–Crippen LogP) is 5.33. The Kier molecular flexibility index (Phi) is 7.01. The summed E-state index contributed by atoms with van der Waals surface area (Å²) < 4.78 is 54.0. The maximum atomic E-state index is 12.9. The molecule has 0 fully saturated rings. The molecule has 0 saturated heterocycles. The van der Waals surface area contributed by atoms with Crippen molar-refractivity contribution in [1.82, 2.24) is 4.98 Å². The molecular weight excluding hydrogens is 443 g/mol. The van der Waals surface area contributed by atoms with Gasteiger partial charge in [0, 0.05) is 18.0 Å². The van der Waals surface area contributed by atoms with Crippen LogP contribution >= 0.6 is 0 Å². The molecule has 0 aliphatic rings. The minimum atomic E-state index is -4.57. The van der Waals surface area contributed by atoms with E-state index in [1.807, 2.05) is 0 Å². The van der Waals surface area contributed by atoms with Crippen LogP contribution in [0.2, 0.25) is 0 Å². The van der Waals surface area contributed by atoms with E-state index in [4.69, 9.17) is 9.47 Å². The van der Waals surface area contributed by atoms with Crippen LogP contribution in [0.1, 0.15) is 15.9 Å². The van der Waals surface area contributed by atoms with Crippen LogP contribution in [0.25, 0.3) is 0 Å². The number of urea groups is 1. The zero-order valence-corrected chi connectivity index (χ0v) is 17.4. The Morgan fingerprint density at radius 3 is 2.24 bits per heavy atom. The number of aromatic nitrogens is 1. The first kappa shape index (κ1) is 23.4. The van der Waals surface area contributed by atoms with Crippen molar-refractivity contribution in [2.24, 2.45) is 0 Å². The third kappa shape index (κ3) is 6.12. The second-order valence-electron chi connectivity index (χ2n) is 6.50. The van der Waals surface area contributed by atoms with Crippen molar-refractivity contribution in [3.63, 3.8) is 0 Å². The van der Waals surface area contributed by atoms with Gasteiger partial charge >= 0.3 is 18.2 Å². The first-order valence-electron chi connectivity index (χ1n) is 9.35. The smallest absolute Gasteiger partial charge is 0.416 e. The fourth-order valence-corrected chi connectivity index (χ4v) is 2.67. The lowest BCUT2D eigenvalue weighted by Gasteiger charge is -2.14. The van der Waals surface area contributed by atoms with Gasteiger partial charge in [-0.25, -0.2) is 14.6 Å². The lowest BCUT2D eigenvalue weighted by Crippen LogP contribution is -2.20. The molecule has 1 heterocycles. The average Bonchev–Trinajstić information content (AvgIpc) is 2.79. The van der Waals surface area contributed by atoms with Crippen LogP contribution in [0, 0.1) is 0 Å². The largest absolute Gasteiger partial charge is 0.495 e. The highest BCUT2D eigenvalue weighted by molar-refractivity contribution is 6.00. The zero-order valence-electron chi connectivity index (χ0n) is 17.4. The summed E-state index contributed by atoms with van der Waals surface area (Å²) in [5, 5.41) is 4.85. The molecule has 0 aliphatic heterocycles. The summed E-state index contributed by atoms with van der Waals surface area (Å²) in [6, 6.07) is 11.2. The number of benzene rings is 2. The molecule has 0 spiro atoms. The van der Waals surface area contributed by atoms with Crippen LogP contribution in [0.5, 0.6) is 17.4 Å². The Morgan fingerprint density at radius 2 is 1.67 bits per heavy atom. The van der Waals surface area contributed by atoms with E-state index in [0.29, 0.717) is 11.4 Å². The second-order valence-corrected chi connectivity index (χ2v) is 6.50. The van der Waals surface area contributed by atoms with Gasteiger partial charge < -0.3 is 24.8 Å². The maximum absolute atomic E-state index is 12.9. The first-order chi connectivity index (χ1) is 15.7. The maximum Gasteiger partial charge on any atom is 0.416 e. The van der Waals surface area contributed by atoms with Gasteiger partial charge in [-0.3, -0.25) is 0 Å². The topological polar surface area (TPSA) is 98.8 Å². The molecule has 0 radical (unpaired) electrons. The van der Waals surface area contributed by atoms with Gasteiger partial charge in [0.05, 0.1) is 31.0 Å². The predicted molar refractivity (Wildman–Crippen MR) is 113 cm³/mol. The number of ether oxygens (including phenoxy) is 3. The number of carbonyl (C=O) groups excluding carboxylic acids is 2. The van der Waals surface area contributed by atoms with E-state index in [-0.39, 0.29) is 22.9 Å². The van der Waals surface area contributed by atoms with Crippen molar-refractivity contribution < 1.29 is 37.0 Å². The summed E-state index contributed by atoms with van der Waals surface area (Å²) >= 11 is 0. The summed E-state index contributed by atoms with van der Waals surface area (Å²) in [5.41, 5.74) is -0.424. The number of amides is 2. The molecule has 2 N–H and O–H groups in total. The molecule has 11 heteroatoms. The molecule has 172 valence electrons. The monoisotopic (exact) mass is 461 g/mol. The van der Waals surface area contributed by atoms with Crippen molar-refractivity contribution in [2.75, 3.05) is 24.9 Å². The number of hydrogen-bond acceptors (Lipinski definition) is 6. The highest BCUT2D eigenvalue weighted by atomic mass is 19.4. The van der Waals surface area contributed by atoms with Gasteiger partial charge in [0.25, 0.3) is 0 Å². The molecule has 3 rings (SSSR count). The fraction of sp³-hybridized carbons (Fsp3) is 0.136. The minimum Gasteiger partial charge on any atom is -0.495 e. The number of esters is 1. The third-order valence-corrected chi connectivity index (χ3v) is 4.27. The zero-order chi connectivity index (χ0) is 24.0. The van der Waals surface area contributed by atoms with E-state index in [1.165, 1.54) is 44.7 Å². The van der Waals surface area contributed by atoms with Crippen molar-refractivity contribution in [2.45, 2.75) is 6.18 Å². The molecule has 0 saturated carbocycles. The van der Waals surface area contributed by atoms with Crippen LogP contribution in [-0.2, 0) is 10.9 Å². The number of anilines is 2. The van der Waals surface area contributed by atoms with E-state index < -0.39 is 23.7 Å². The molecule has 33 heavy (non-hydrogen) atoms. The Hall–Kier alpha value is -4.28. The number of hydrogen-bond donors (Lipinski definition) is 2. The molecule has 1 aromatic heterocycles. The van der Waals surface area contributed by atoms with Crippen molar-refractivity contribution in [3.05, 3.63) is 71.9 Å². The highest BCUT2D eigenvalue weighted by Gasteiger charge is 2.31. The van der Waals surface area contributed by atoms with Gasteiger partial charge in [-0.1, -0.05) is 0 Å². The van der Waals surface area contributed by atoms with Crippen LogP contribution in [0.15, 0.2) is 60.8 Å². The van der Waals surface area contributed by atoms with Gasteiger partial charge in [-0.15, -0.1) is 0 Å². The number of halogens is 3. The molecule has 3 aromatic rings. The van der Waals surface area contributed by atoms with E-state index in [9.17, 15) is 22.8 Å². The van der Waals surface area contributed by atoms with Gasteiger partial charge in [-0.05, 0) is 48.5 Å². The van der Waals surface area contributed by atoms with Gasteiger partial charge in [0.15, 0.2) is 0 Å². The summed E-state index contributed by atoms with van der Waals surface area (Å²) in [6.07, 6.45) is -3.26. The van der Waals surface area contributed by atoms with Crippen LogP contribution in [-0.4, -0.2) is 31.2 Å². The van der Waals surface area contributed by atoms with Crippen LogP contribution in [0.4, 0.5) is 29.3 Å². The SMILES string of the molecule is COC(=O)c1ccc(Oc2ccc(NC(=O)Nc3cc(C(F)(F)F)ccc3OC)cc2)nc1. The normalized spacial score (nSPS) is 10.8. The molecule has 0 bridgehead atoms. The minimum absolute atomic E-state index is 0.0765. The third-order valence-electron chi connectivity index (χ3n) is 4.27. The molecule has 0 atom stereocenters. The Labute approximate surface area is 186 Å². The van der Waals surface area contributed by atoms with E-state index in [2.05, 4.69) is 20.4 Å². The average molecular weight is 461 g/mol. The van der Waals surface area contributed by atoms with Gasteiger partial charge in [-0.2, -0.15) is 13.2 Å². The number of rotatable bonds is 6. The Balaban J connectivity index is 1.63. The van der Waals surface area contributed by atoms with Crippen molar-refractivity contribution >= 4 is 23.4 Å². The first-order valence-corrected chi connectivity index (χ1v) is 9.35. The molecule has 0 unspecified atom stereocenters. The van der Waals surface area contributed by atoms with E-state index in [0.717, 1.165) is 18.2 Å². The number of pyridine rings is 1. The number of carbonyl (C=O) groups is 2. The van der Waals surface area contributed by atoms with Crippen molar-refractivity contribution in [1.29, 1.82) is 0 Å². The standard InChI is InChI=1S/C22H18F3N3O5/c1-31-18-9-4-14(22(23,24)25)11-17(18)28-21(30)27-15-5-7-16(8-6-15)33-19-10-3-13(12-26-19)20(29)32-2/h3-12H,1-2H3,(H2,27,28,30). The summed E-state index contributed by atoms with van der Waals surface area (Å²) in [7, 11) is 2.54. The van der Waals surface area contributed by atoms with Crippen LogP contribution in [0.3, 0.4) is 0 Å². The Morgan fingerprint density at radius 1 is 0.939 bits per heavy atom. The van der Waals surface area contributed by atoms with Gasteiger partial charge in [0.1, 0.15) is 11.5 Å². The number of methoxy groups -OCH3 is 2. The highest BCUT2D eigenvalue weighted by Crippen LogP contribution is 2.35. The van der Waals surface area contributed by atoms with E-state index in [1.54, 1.807) is 12.1 Å². The summed E-state index contributed by atoms with van der Waals surface area (Å²) in [4.78, 5) is 27.7. The molecule has 2 aromatic carbocycles. The molecular formula is C22H18F3N3O5. The fourth-order valence-electron chi connectivity index (χ4n) is 2.67. The van der Waals surface area contributed by atoms with E-state index >= 15 is 0 Å². The quantitative estimate of drug-likeness (QED) is 0.482. The second kappa shape index (κ2) is 9.90. The number of nitrogens with one attached hydrogen (secondary N) is 2. The molecule has 8 nitrogen and oxygen atoms in total. The van der Waals surface area contributed by atoms with Gasteiger partial charge in [0.2, 0.25) is 5.88 Å². The lowest BCUT2D eigenvalue weighted by molar-refractivity contribution is -0.137. The lowest BCUT2D eigenvalue weighted by atomic mass is 10.2. The molecule has 2 amide bonds. The summed E-state index contributed by atoms with van der Waals surface area (Å²) in [6.45, 7) is 0. The number of nitrogens with zero attached hydrogens (tertiary/aromatic N) is 1. The van der Waals surface area contributed by atoms with Crippen molar-refractivity contribution in [3.8, 4) is 17.4 Å². The number of alkyl halides is 3.